The minimum Gasteiger partial charge on any atom is -0.383 e. The van der Waals surface area contributed by atoms with Crippen molar-refractivity contribution in [1.29, 1.82) is 0 Å². The molecule has 1 heterocycles. The number of imide groups is 1. The Labute approximate surface area is 157 Å². The number of rotatable bonds is 6. The van der Waals surface area contributed by atoms with Gasteiger partial charge < -0.3 is 4.74 Å². The average Bonchev–Trinajstić information content (AvgIpc) is 2.85. The molecule has 1 aliphatic heterocycles. The van der Waals surface area contributed by atoms with Crippen molar-refractivity contribution in [2.75, 3.05) is 20.3 Å². The van der Waals surface area contributed by atoms with Crippen LogP contribution in [0.5, 0.6) is 0 Å². The Balaban J connectivity index is 2.08. The SMILES string of the molecule is COCCN1C(=O)C(Sc2ccccc2)=C(c2ccc(C)cc2C)C1=O. The highest BCUT2D eigenvalue weighted by molar-refractivity contribution is 8.04. The van der Waals surface area contributed by atoms with Gasteiger partial charge in [-0.25, -0.2) is 0 Å². The van der Waals surface area contributed by atoms with Crippen molar-refractivity contribution in [2.24, 2.45) is 0 Å². The summed E-state index contributed by atoms with van der Waals surface area (Å²) in [6.07, 6.45) is 0. The van der Waals surface area contributed by atoms with Gasteiger partial charge in [0.1, 0.15) is 0 Å². The van der Waals surface area contributed by atoms with Crippen molar-refractivity contribution in [1.82, 2.24) is 4.90 Å². The molecular weight excluding hydrogens is 346 g/mol. The number of carbonyl (C=O) groups excluding carboxylic acids is 2. The Kier molecular flexibility index (Phi) is 5.59. The third-order valence-corrected chi connectivity index (χ3v) is 5.35. The third-order valence-electron chi connectivity index (χ3n) is 4.26. The van der Waals surface area contributed by atoms with Gasteiger partial charge in [0.15, 0.2) is 0 Å². The van der Waals surface area contributed by atoms with Gasteiger partial charge in [-0.1, -0.05) is 53.7 Å². The summed E-state index contributed by atoms with van der Waals surface area (Å²) in [6.45, 7) is 4.55. The second kappa shape index (κ2) is 7.89. The van der Waals surface area contributed by atoms with Crippen LogP contribution < -0.4 is 0 Å². The standard InChI is InChI=1S/C21H21NO3S/c1-14-9-10-17(15(2)13-14)18-19(26-16-7-5-4-6-8-16)21(24)22(20(18)23)11-12-25-3/h4-10,13H,11-12H2,1-3H3. The number of thioether (sulfide) groups is 1. The number of carbonyl (C=O) groups is 2. The highest BCUT2D eigenvalue weighted by atomic mass is 32.2. The van der Waals surface area contributed by atoms with Gasteiger partial charge in [0.2, 0.25) is 0 Å². The first-order valence-electron chi connectivity index (χ1n) is 8.43. The molecule has 0 N–H and O–H groups in total. The van der Waals surface area contributed by atoms with Gasteiger partial charge in [-0.15, -0.1) is 0 Å². The fourth-order valence-corrected chi connectivity index (χ4v) is 4.00. The van der Waals surface area contributed by atoms with E-state index in [0.29, 0.717) is 17.1 Å². The lowest BCUT2D eigenvalue weighted by molar-refractivity contribution is -0.137. The Bertz CT molecular complexity index is 874. The molecule has 0 aromatic heterocycles. The van der Waals surface area contributed by atoms with Gasteiger partial charge >= 0.3 is 0 Å². The smallest absolute Gasteiger partial charge is 0.268 e. The van der Waals surface area contributed by atoms with Gasteiger partial charge in [-0.2, -0.15) is 0 Å². The molecule has 2 amide bonds. The largest absolute Gasteiger partial charge is 0.383 e. The highest BCUT2D eigenvalue weighted by Gasteiger charge is 2.39. The lowest BCUT2D eigenvalue weighted by Gasteiger charge is -2.14. The van der Waals surface area contributed by atoms with E-state index in [9.17, 15) is 9.59 Å². The summed E-state index contributed by atoms with van der Waals surface area (Å²) in [5, 5.41) is 0. The zero-order valence-electron chi connectivity index (χ0n) is 15.1. The Morgan fingerprint density at radius 2 is 1.73 bits per heavy atom. The van der Waals surface area contributed by atoms with Gasteiger partial charge in [0.25, 0.3) is 11.8 Å². The third kappa shape index (κ3) is 3.59. The van der Waals surface area contributed by atoms with E-state index in [4.69, 9.17) is 4.74 Å². The fraction of sp³-hybridized carbons (Fsp3) is 0.238. The molecule has 0 atom stereocenters. The van der Waals surface area contributed by atoms with Crippen molar-refractivity contribution >= 4 is 29.1 Å². The van der Waals surface area contributed by atoms with Gasteiger partial charge in [0, 0.05) is 12.0 Å². The molecular formula is C21H21NO3S. The van der Waals surface area contributed by atoms with E-state index in [1.807, 2.05) is 62.4 Å². The minimum atomic E-state index is -0.254. The van der Waals surface area contributed by atoms with E-state index in [1.54, 1.807) is 7.11 Å². The summed E-state index contributed by atoms with van der Waals surface area (Å²) in [5.74, 6) is -0.506. The average molecular weight is 367 g/mol. The first-order chi connectivity index (χ1) is 12.5. The van der Waals surface area contributed by atoms with Crippen LogP contribution in [0.2, 0.25) is 0 Å². The normalized spacial score (nSPS) is 14.5. The number of aryl methyl sites for hydroxylation is 2. The van der Waals surface area contributed by atoms with E-state index >= 15 is 0 Å². The van der Waals surface area contributed by atoms with Crippen LogP contribution in [-0.2, 0) is 14.3 Å². The predicted molar refractivity (Wildman–Crippen MR) is 104 cm³/mol. The van der Waals surface area contributed by atoms with Crippen molar-refractivity contribution in [2.45, 2.75) is 18.7 Å². The zero-order chi connectivity index (χ0) is 18.7. The molecule has 5 heteroatoms. The van der Waals surface area contributed by atoms with Crippen LogP contribution in [0, 0.1) is 13.8 Å². The van der Waals surface area contributed by atoms with E-state index in [2.05, 4.69) is 0 Å². The quantitative estimate of drug-likeness (QED) is 0.728. The number of benzene rings is 2. The van der Waals surface area contributed by atoms with E-state index in [-0.39, 0.29) is 18.4 Å². The fourth-order valence-electron chi connectivity index (χ4n) is 2.97. The molecule has 26 heavy (non-hydrogen) atoms. The van der Waals surface area contributed by atoms with Crippen LogP contribution in [0.25, 0.3) is 5.57 Å². The molecule has 0 saturated heterocycles. The molecule has 3 rings (SSSR count). The molecule has 1 aliphatic rings. The summed E-state index contributed by atoms with van der Waals surface area (Å²) in [5.41, 5.74) is 3.41. The van der Waals surface area contributed by atoms with E-state index < -0.39 is 0 Å². The summed E-state index contributed by atoms with van der Waals surface area (Å²) in [7, 11) is 1.56. The maximum Gasteiger partial charge on any atom is 0.268 e. The zero-order valence-corrected chi connectivity index (χ0v) is 15.9. The van der Waals surface area contributed by atoms with Crippen LogP contribution in [0.15, 0.2) is 58.3 Å². The van der Waals surface area contributed by atoms with Crippen molar-refractivity contribution in [3.63, 3.8) is 0 Å². The van der Waals surface area contributed by atoms with Crippen molar-refractivity contribution in [3.8, 4) is 0 Å². The summed E-state index contributed by atoms with van der Waals surface area (Å²) >= 11 is 1.34. The lowest BCUT2D eigenvalue weighted by Crippen LogP contribution is -2.34. The van der Waals surface area contributed by atoms with Crippen LogP contribution in [-0.4, -0.2) is 37.0 Å². The second-order valence-electron chi connectivity index (χ2n) is 6.19. The Hall–Kier alpha value is -2.37. The molecule has 0 bridgehead atoms. The second-order valence-corrected chi connectivity index (χ2v) is 7.28. The van der Waals surface area contributed by atoms with Crippen LogP contribution >= 0.6 is 11.8 Å². The molecule has 2 aromatic rings. The topological polar surface area (TPSA) is 46.6 Å². The van der Waals surface area contributed by atoms with Crippen LogP contribution in [0.1, 0.15) is 16.7 Å². The number of amides is 2. The van der Waals surface area contributed by atoms with E-state index in [1.165, 1.54) is 16.7 Å². The van der Waals surface area contributed by atoms with Crippen molar-refractivity contribution in [3.05, 3.63) is 70.1 Å². The highest BCUT2D eigenvalue weighted by Crippen LogP contribution is 2.40. The Morgan fingerprint density at radius 3 is 2.38 bits per heavy atom. The van der Waals surface area contributed by atoms with Crippen LogP contribution in [0.4, 0.5) is 0 Å². The first-order valence-corrected chi connectivity index (χ1v) is 9.24. The molecule has 4 nitrogen and oxygen atoms in total. The summed E-state index contributed by atoms with van der Waals surface area (Å²) in [6, 6.07) is 15.6. The molecule has 0 saturated carbocycles. The molecule has 0 unspecified atom stereocenters. The van der Waals surface area contributed by atoms with Crippen molar-refractivity contribution < 1.29 is 14.3 Å². The maximum absolute atomic E-state index is 13.0. The molecule has 134 valence electrons. The van der Waals surface area contributed by atoms with Gasteiger partial charge in [0.05, 0.1) is 23.6 Å². The van der Waals surface area contributed by atoms with Gasteiger partial charge in [-0.05, 0) is 37.1 Å². The minimum absolute atomic E-state index is 0.251. The maximum atomic E-state index is 13.0. The number of hydrogen-bond acceptors (Lipinski definition) is 4. The number of hydrogen-bond donors (Lipinski definition) is 0. The van der Waals surface area contributed by atoms with Gasteiger partial charge in [-0.3, -0.25) is 14.5 Å². The number of ether oxygens (including phenoxy) is 1. The molecule has 0 fully saturated rings. The summed E-state index contributed by atoms with van der Waals surface area (Å²) < 4.78 is 5.06. The summed E-state index contributed by atoms with van der Waals surface area (Å²) in [4.78, 5) is 28.7. The number of methoxy groups -OCH3 is 1. The molecule has 0 aliphatic carbocycles. The molecule has 0 spiro atoms. The monoisotopic (exact) mass is 367 g/mol. The predicted octanol–water partition coefficient (Wildman–Crippen LogP) is 3.82. The molecule has 0 radical (unpaired) electrons. The number of nitrogens with zero attached hydrogens (tertiary/aromatic N) is 1. The van der Waals surface area contributed by atoms with Crippen LogP contribution in [0.3, 0.4) is 0 Å². The lowest BCUT2D eigenvalue weighted by atomic mass is 9.99. The van der Waals surface area contributed by atoms with E-state index in [0.717, 1.165) is 21.6 Å². The first kappa shape index (κ1) is 18.4. The Morgan fingerprint density at radius 1 is 1.00 bits per heavy atom. The molecule has 2 aromatic carbocycles.